The predicted octanol–water partition coefficient (Wildman–Crippen LogP) is 4.48. The Labute approximate surface area is 187 Å². The van der Waals surface area contributed by atoms with Crippen LogP contribution in [0.25, 0.3) is 6.08 Å². The lowest BCUT2D eigenvalue weighted by molar-refractivity contribution is -0.140. The Morgan fingerprint density at radius 2 is 2.13 bits per heavy atom. The molecule has 1 unspecified atom stereocenters. The van der Waals surface area contributed by atoms with Gasteiger partial charge in [-0.1, -0.05) is 37.8 Å². The van der Waals surface area contributed by atoms with Gasteiger partial charge < -0.3 is 14.7 Å². The summed E-state index contributed by atoms with van der Waals surface area (Å²) >= 11 is 6.33. The fourth-order valence-electron chi connectivity index (χ4n) is 4.38. The number of nitrogens with zero attached hydrogens (tertiary/aromatic N) is 2. The number of hydrogen-bond acceptors (Lipinski definition) is 6. The number of methoxy groups -OCH3 is 1. The molecule has 1 aromatic carbocycles. The molecule has 1 saturated heterocycles. The molecule has 8 heteroatoms. The van der Waals surface area contributed by atoms with Gasteiger partial charge in [-0.15, -0.1) is 0 Å². The zero-order chi connectivity index (χ0) is 22.2. The van der Waals surface area contributed by atoms with E-state index in [9.17, 15) is 9.59 Å². The number of benzene rings is 1. The van der Waals surface area contributed by atoms with Crippen molar-refractivity contribution in [3.63, 3.8) is 0 Å². The van der Waals surface area contributed by atoms with Crippen LogP contribution in [0.5, 0.6) is 5.75 Å². The fraction of sp³-hybridized carbons (Fsp3) is 0.500. The maximum atomic E-state index is 12.7. The minimum Gasteiger partial charge on any atom is -0.496 e. The normalized spacial score (nSPS) is 21.9. The van der Waals surface area contributed by atoms with Crippen LogP contribution in [0.3, 0.4) is 0 Å². The third-order valence-electron chi connectivity index (χ3n) is 5.64. The largest absolute Gasteiger partial charge is 0.496 e. The van der Waals surface area contributed by atoms with Gasteiger partial charge in [0, 0.05) is 29.4 Å². The van der Waals surface area contributed by atoms with Crippen molar-refractivity contribution in [2.45, 2.75) is 52.0 Å². The van der Waals surface area contributed by atoms with Crippen molar-refractivity contribution >= 4 is 51.9 Å². The van der Waals surface area contributed by atoms with Gasteiger partial charge in [0.2, 0.25) is 0 Å². The molecule has 0 aromatic heterocycles. The summed E-state index contributed by atoms with van der Waals surface area (Å²) in [6.07, 6.45) is 3.84. The summed E-state index contributed by atoms with van der Waals surface area (Å²) in [5.41, 5.74) is 3.26. The van der Waals surface area contributed by atoms with Crippen LogP contribution >= 0.6 is 24.0 Å². The first-order valence-electron chi connectivity index (χ1n) is 10.1. The van der Waals surface area contributed by atoms with E-state index in [0.717, 1.165) is 41.6 Å². The summed E-state index contributed by atoms with van der Waals surface area (Å²) in [6.45, 7) is 9.49. The Bertz CT molecular complexity index is 926. The molecule has 2 aliphatic heterocycles. The molecule has 2 aliphatic rings. The summed E-state index contributed by atoms with van der Waals surface area (Å²) in [6, 6.07) is 4.16. The molecule has 1 amide bonds. The van der Waals surface area contributed by atoms with Crippen LogP contribution in [-0.4, -0.2) is 51.9 Å². The Morgan fingerprint density at radius 3 is 2.73 bits per heavy atom. The number of aliphatic carboxylic acids is 1. The average Bonchev–Trinajstić information content (AvgIpc) is 2.91. The molecule has 1 atom stereocenters. The van der Waals surface area contributed by atoms with E-state index in [-0.39, 0.29) is 15.8 Å². The zero-order valence-electron chi connectivity index (χ0n) is 18.0. The minimum atomic E-state index is -1.09. The van der Waals surface area contributed by atoms with E-state index in [1.165, 1.54) is 11.3 Å². The topological polar surface area (TPSA) is 70.1 Å². The molecule has 2 heterocycles. The Balaban J connectivity index is 2.05. The van der Waals surface area contributed by atoms with E-state index in [4.69, 9.17) is 22.1 Å². The number of anilines is 1. The second kappa shape index (κ2) is 8.59. The number of fused-ring (bicyclic) bond motifs is 1. The average molecular weight is 449 g/mol. The molecular formula is C22H28N2O4S2. The number of rotatable bonds is 6. The van der Waals surface area contributed by atoms with Crippen molar-refractivity contribution in [3.8, 4) is 5.75 Å². The van der Waals surface area contributed by atoms with Gasteiger partial charge >= 0.3 is 5.97 Å². The second-order valence-corrected chi connectivity index (χ2v) is 10.1. The molecule has 0 aliphatic carbocycles. The van der Waals surface area contributed by atoms with Crippen LogP contribution in [0.4, 0.5) is 5.69 Å². The van der Waals surface area contributed by atoms with E-state index in [2.05, 4.69) is 44.7 Å². The number of carbonyl (C=O) groups is 2. The van der Waals surface area contributed by atoms with Crippen molar-refractivity contribution in [1.82, 2.24) is 4.90 Å². The summed E-state index contributed by atoms with van der Waals surface area (Å²) in [5, 5.41) is 9.03. The lowest BCUT2D eigenvalue weighted by atomic mass is 9.79. The first-order valence-corrected chi connectivity index (χ1v) is 11.3. The highest BCUT2D eigenvalue weighted by Crippen LogP contribution is 2.46. The monoisotopic (exact) mass is 448 g/mol. The van der Waals surface area contributed by atoms with Crippen LogP contribution in [0.15, 0.2) is 17.0 Å². The van der Waals surface area contributed by atoms with Crippen LogP contribution in [0, 0.1) is 0 Å². The maximum Gasteiger partial charge on any atom is 0.323 e. The van der Waals surface area contributed by atoms with Crippen molar-refractivity contribution in [1.29, 1.82) is 0 Å². The molecule has 1 fully saturated rings. The quantitative estimate of drug-likeness (QED) is 0.508. The first kappa shape index (κ1) is 22.6. The predicted molar refractivity (Wildman–Crippen MR) is 125 cm³/mol. The highest BCUT2D eigenvalue weighted by atomic mass is 32.2. The van der Waals surface area contributed by atoms with Crippen LogP contribution in [0.2, 0.25) is 0 Å². The summed E-state index contributed by atoms with van der Waals surface area (Å²) < 4.78 is 5.93. The molecule has 0 radical (unpaired) electrons. The van der Waals surface area contributed by atoms with Crippen molar-refractivity contribution in [3.05, 3.63) is 28.2 Å². The SMILES string of the molecule is CCCN1c2cc(OC)c(/C=C3\SC(=S)N(CC(=O)O)C3=O)cc2C(C)CC1(C)C. The van der Waals surface area contributed by atoms with Crippen molar-refractivity contribution in [2.75, 3.05) is 25.1 Å². The summed E-state index contributed by atoms with van der Waals surface area (Å²) in [5.74, 6) is -0.425. The van der Waals surface area contributed by atoms with Gasteiger partial charge in [-0.05, 0) is 50.3 Å². The fourth-order valence-corrected chi connectivity index (χ4v) is 5.62. The smallest absolute Gasteiger partial charge is 0.323 e. The third-order valence-corrected chi connectivity index (χ3v) is 7.02. The number of amides is 1. The standard InChI is InChI=1S/C22H28N2O4S2/c1-6-7-24-16-10-17(28-5)14(8-15(16)13(2)11-22(24,3)4)9-18-20(27)23(12-19(25)26)21(29)30-18/h8-10,13H,6-7,11-12H2,1-5H3,(H,25,26)/b18-9-. The Hall–Kier alpha value is -2.06. The van der Waals surface area contributed by atoms with E-state index in [1.807, 2.05) is 0 Å². The summed E-state index contributed by atoms with van der Waals surface area (Å²) in [7, 11) is 1.62. The zero-order valence-corrected chi connectivity index (χ0v) is 19.7. The molecule has 1 aromatic rings. The van der Waals surface area contributed by atoms with Crippen molar-refractivity contribution < 1.29 is 19.4 Å². The maximum absolute atomic E-state index is 12.7. The van der Waals surface area contributed by atoms with Gasteiger partial charge in [0.05, 0.1) is 12.0 Å². The van der Waals surface area contributed by atoms with E-state index in [0.29, 0.717) is 16.6 Å². The van der Waals surface area contributed by atoms with Gasteiger partial charge in [0.15, 0.2) is 0 Å². The molecule has 3 rings (SSSR count). The second-order valence-electron chi connectivity index (χ2n) is 8.38. The Kier molecular flexibility index (Phi) is 6.48. The van der Waals surface area contributed by atoms with E-state index in [1.54, 1.807) is 13.2 Å². The first-order chi connectivity index (χ1) is 14.1. The van der Waals surface area contributed by atoms with Crippen LogP contribution in [0.1, 0.15) is 57.6 Å². The van der Waals surface area contributed by atoms with Crippen LogP contribution in [-0.2, 0) is 9.59 Å². The van der Waals surface area contributed by atoms with Gasteiger partial charge in [-0.2, -0.15) is 0 Å². The van der Waals surface area contributed by atoms with Crippen LogP contribution < -0.4 is 9.64 Å². The highest BCUT2D eigenvalue weighted by Gasteiger charge is 2.37. The highest BCUT2D eigenvalue weighted by molar-refractivity contribution is 8.26. The molecule has 0 spiro atoms. The van der Waals surface area contributed by atoms with Gasteiger partial charge in [-0.3, -0.25) is 14.5 Å². The molecule has 1 N–H and O–H groups in total. The molecule has 0 bridgehead atoms. The number of carboxylic acid groups (broad SMARTS) is 1. The summed E-state index contributed by atoms with van der Waals surface area (Å²) in [4.78, 5) is 27.7. The minimum absolute atomic E-state index is 0.0498. The third kappa shape index (κ3) is 4.21. The Morgan fingerprint density at radius 1 is 1.43 bits per heavy atom. The number of thiocarbonyl (C=S) groups is 1. The lowest BCUT2D eigenvalue weighted by Gasteiger charge is -2.47. The molecule has 162 valence electrons. The molecule has 6 nitrogen and oxygen atoms in total. The van der Waals surface area contributed by atoms with E-state index >= 15 is 0 Å². The number of hydrogen-bond donors (Lipinski definition) is 1. The number of thioether (sulfide) groups is 1. The molecule has 0 saturated carbocycles. The number of ether oxygens (including phenoxy) is 1. The van der Waals surface area contributed by atoms with Gasteiger partial charge in [-0.25, -0.2) is 0 Å². The van der Waals surface area contributed by atoms with Gasteiger partial charge in [0.1, 0.15) is 16.6 Å². The number of carboxylic acids is 1. The van der Waals surface area contributed by atoms with Gasteiger partial charge in [0.25, 0.3) is 5.91 Å². The lowest BCUT2D eigenvalue weighted by Crippen LogP contribution is -2.48. The molecule has 30 heavy (non-hydrogen) atoms. The molecular weight excluding hydrogens is 420 g/mol. The number of carbonyl (C=O) groups excluding carboxylic acids is 1. The van der Waals surface area contributed by atoms with Crippen molar-refractivity contribution in [2.24, 2.45) is 0 Å². The van der Waals surface area contributed by atoms with E-state index < -0.39 is 12.5 Å².